The summed E-state index contributed by atoms with van der Waals surface area (Å²) in [6, 6.07) is 7.68. The van der Waals surface area contributed by atoms with E-state index in [0.717, 1.165) is 10.0 Å². The van der Waals surface area contributed by atoms with E-state index >= 15 is 0 Å². The van der Waals surface area contributed by atoms with E-state index < -0.39 is 5.60 Å². The molecule has 0 aliphatic rings. The molecule has 0 aliphatic heterocycles. The van der Waals surface area contributed by atoms with Gasteiger partial charge in [0.25, 0.3) is 0 Å². The Kier molecular flexibility index (Phi) is 4.30. The molecule has 1 rings (SSSR count). The average Bonchev–Trinajstić information content (AvgIpc) is 2.19. The van der Waals surface area contributed by atoms with Crippen LogP contribution in [-0.2, 0) is 5.60 Å². The molecule has 1 aromatic rings. The highest BCUT2D eigenvalue weighted by Gasteiger charge is 2.27. The monoisotopic (exact) mass is 266 g/mol. The summed E-state index contributed by atoms with van der Waals surface area (Å²) in [6.07, 6.45) is 4.48. The molecule has 0 unspecified atom stereocenters. The van der Waals surface area contributed by atoms with Crippen molar-refractivity contribution in [2.24, 2.45) is 0 Å². The second-order valence-electron chi connectivity index (χ2n) is 3.50. The van der Waals surface area contributed by atoms with Crippen LogP contribution < -0.4 is 0 Å². The fraction of sp³-hybridized carbons (Fsp3) is 0.231. The first-order valence-electron chi connectivity index (χ1n) is 4.83. The number of benzene rings is 1. The van der Waals surface area contributed by atoms with Crippen LogP contribution in [0.15, 0.2) is 54.0 Å². The van der Waals surface area contributed by atoms with E-state index in [9.17, 15) is 5.11 Å². The van der Waals surface area contributed by atoms with Gasteiger partial charge in [0, 0.05) is 4.47 Å². The molecule has 15 heavy (non-hydrogen) atoms. The number of halogens is 1. The van der Waals surface area contributed by atoms with Gasteiger partial charge in [-0.25, -0.2) is 0 Å². The lowest BCUT2D eigenvalue weighted by Gasteiger charge is -2.27. The van der Waals surface area contributed by atoms with E-state index in [1.165, 1.54) is 0 Å². The number of hydrogen-bond donors (Lipinski definition) is 1. The molecule has 0 saturated carbocycles. The van der Waals surface area contributed by atoms with Crippen molar-refractivity contribution in [3.05, 3.63) is 59.6 Å². The molecule has 0 fully saturated rings. The molecule has 1 nitrogen and oxygen atoms in total. The Bertz CT molecular complexity index is 347. The maximum atomic E-state index is 10.5. The summed E-state index contributed by atoms with van der Waals surface area (Å²) in [5, 5.41) is 10.5. The van der Waals surface area contributed by atoms with Crippen molar-refractivity contribution in [2.75, 3.05) is 0 Å². The van der Waals surface area contributed by atoms with Gasteiger partial charge in [0.2, 0.25) is 0 Å². The smallest absolute Gasteiger partial charge is 0.0975 e. The molecule has 0 amide bonds. The van der Waals surface area contributed by atoms with Crippen molar-refractivity contribution < 1.29 is 5.11 Å². The predicted octanol–water partition coefficient (Wildman–Crippen LogP) is 3.79. The predicted molar refractivity (Wildman–Crippen MR) is 67.7 cm³/mol. The minimum Gasteiger partial charge on any atom is -0.384 e. The molecule has 0 aromatic heterocycles. The lowest BCUT2D eigenvalue weighted by atomic mass is 9.87. The largest absolute Gasteiger partial charge is 0.384 e. The fourth-order valence-corrected chi connectivity index (χ4v) is 2.27. The average molecular weight is 267 g/mol. The standard InChI is InChI=1S/C13H15BrO/c1-3-9-13(15,10-4-2)11-7-5-6-8-12(11)14/h3-8,15H,1-2,9-10H2. The molecule has 1 aromatic carbocycles. The molecule has 0 saturated heterocycles. The molecule has 2 heteroatoms. The number of hydrogen-bond acceptors (Lipinski definition) is 1. The summed E-state index contributed by atoms with van der Waals surface area (Å²) in [5.74, 6) is 0. The molecule has 0 bridgehead atoms. The van der Waals surface area contributed by atoms with E-state index in [2.05, 4.69) is 29.1 Å². The Morgan fingerprint density at radius 3 is 2.20 bits per heavy atom. The number of rotatable bonds is 5. The van der Waals surface area contributed by atoms with Gasteiger partial charge in [0.15, 0.2) is 0 Å². The van der Waals surface area contributed by atoms with Crippen molar-refractivity contribution in [2.45, 2.75) is 18.4 Å². The van der Waals surface area contributed by atoms with Crippen LogP contribution in [0.1, 0.15) is 18.4 Å². The molecule has 0 heterocycles. The fourth-order valence-electron chi connectivity index (χ4n) is 1.62. The minimum atomic E-state index is -0.899. The van der Waals surface area contributed by atoms with E-state index in [1.807, 2.05) is 24.3 Å². The van der Waals surface area contributed by atoms with Gasteiger partial charge in [-0.1, -0.05) is 46.3 Å². The first-order valence-corrected chi connectivity index (χ1v) is 5.62. The summed E-state index contributed by atoms with van der Waals surface area (Å²) in [7, 11) is 0. The lowest BCUT2D eigenvalue weighted by molar-refractivity contribution is 0.0422. The van der Waals surface area contributed by atoms with Gasteiger partial charge in [-0.15, -0.1) is 13.2 Å². The van der Waals surface area contributed by atoms with Gasteiger partial charge in [-0.3, -0.25) is 0 Å². The van der Waals surface area contributed by atoms with E-state index in [0.29, 0.717) is 12.8 Å². The zero-order valence-corrected chi connectivity index (χ0v) is 10.2. The SMILES string of the molecule is C=CCC(O)(CC=C)c1ccccc1Br. The summed E-state index contributed by atoms with van der Waals surface area (Å²) < 4.78 is 0.913. The molecule has 80 valence electrons. The van der Waals surface area contributed by atoms with Crippen molar-refractivity contribution in [1.82, 2.24) is 0 Å². The molecular weight excluding hydrogens is 252 g/mol. The lowest BCUT2D eigenvalue weighted by Crippen LogP contribution is -2.24. The third kappa shape index (κ3) is 2.80. The molecule has 1 N–H and O–H groups in total. The summed E-state index contributed by atoms with van der Waals surface area (Å²) in [6.45, 7) is 7.35. The molecular formula is C13H15BrO. The van der Waals surface area contributed by atoms with Crippen LogP contribution in [0.5, 0.6) is 0 Å². The third-order valence-corrected chi connectivity index (χ3v) is 3.03. The van der Waals surface area contributed by atoms with Crippen LogP contribution in [0.4, 0.5) is 0 Å². The first kappa shape index (κ1) is 12.2. The van der Waals surface area contributed by atoms with E-state index in [1.54, 1.807) is 12.2 Å². The van der Waals surface area contributed by atoms with Crippen LogP contribution in [0.3, 0.4) is 0 Å². The van der Waals surface area contributed by atoms with Crippen LogP contribution >= 0.6 is 15.9 Å². The van der Waals surface area contributed by atoms with Crippen molar-refractivity contribution in [3.63, 3.8) is 0 Å². The van der Waals surface area contributed by atoms with E-state index in [-0.39, 0.29) is 0 Å². The summed E-state index contributed by atoms with van der Waals surface area (Å²) in [4.78, 5) is 0. The Morgan fingerprint density at radius 1 is 1.20 bits per heavy atom. The van der Waals surface area contributed by atoms with Gasteiger partial charge < -0.3 is 5.11 Å². The molecule has 0 radical (unpaired) electrons. The molecule has 0 spiro atoms. The summed E-state index contributed by atoms with van der Waals surface area (Å²) >= 11 is 3.44. The summed E-state index contributed by atoms with van der Waals surface area (Å²) in [5.41, 5.74) is -0.0198. The zero-order chi connectivity index (χ0) is 11.3. The van der Waals surface area contributed by atoms with Gasteiger partial charge in [0.05, 0.1) is 5.60 Å². The van der Waals surface area contributed by atoms with Gasteiger partial charge in [-0.2, -0.15) is 0 Å². The number of aliphatic hydroxyl groups is 1. The topological polar surface area (TPSA) is 20.2 Å². The molecule has 0 atom stereocenters. The zero-order valence-electron chi connectivity index (χ0n) is 8.62. The second-order valence-corrected chi connectivity index (χ2v) is 4.35. The van der Waals surface area contributed by atoms with Crippen molar-refractivity contribution >= 4 is 15.9 Å². The van der Waals surface area contributed by atoms with Crippen LogP contribution in [0.25, 0.3) is 0 Å². The van der Waals surface area contributed by atoms with Gasteiger partial charge in [-0.05, 0) is 24.5 Å². The Hall–Kier alpha value is -0.860. The van der Waals surface area contributed by atoms with Crippen LogP contribution in [0.2, 0.25) is 0 Å². The Morgan fingerprint density at radius 2 is 1.73 bits per heavy atom. The van der Waals surface area contributed by atoms with Crippen LogP contribution in [0, 0.1) is 0 Å². The Labute approximate surface area is 99.3 Å². The van der Waals surface area contributed by atoms with Crippen molar-refractivity contribution in [3.8, 4) is 0 Å². The van der Waals surface area contributed by atoms with Gasteiger partial charge >= 0.3 is 0 Å². The Balaban J connectivity index is 3.13. The quantitative estimate of drug-likeness (QED) is 0.805. The second kappa shape index (κ2) is 5.29. The third-order valence-electron chi connectivity index (χ3n) is 2.34. The maximum absolute atomic E-state index is 10.5. The highest BCUT2D eigenvalue weighted by molar-refractivity contribution is 9.10. The molecule has 0 aliphatic carbocycles. The van der Waals surface area contributed by atoms with Crippen LogP contribution in [-0.4, -0.2) is 5.11 Å². The highest BCUT2D eigenvalue weighted by Crippen LogP contribution is 2.34. The van der Waals surface area contributed by atoms with Gasteiger partial charge in [0.1, 0.15) is 0 Å². The highest BCUT2D eigenvalue weighted by atomic mass is 79.9. The maximum Gasteiger partial charge on any atom is 0.0975 e. The normalized spacial score (nSPS) is 11.1. The minimum absolute atomic E-state index is 0.516. The van der Waals surface area contributed by atoms with Crippen molar-refractivity contribution in [1.29, 1.82) is 0 Å². The van der Waals surface area contributed by atoms with E-state index in [4.69, 9.17) is 0 Å². The first-order chi connectivity index (χ1) is 7.14.